The van der Waals surface area contributed by atoms with Crippen LogP contribution in [-0.4, -0.2) is 11.0 Å². The maximum absolute atomic E-state index is 12.2. The number of unbranched alkanes of at least 4 members (excludes halogenated alkanes) is 4. The Labute approximate surface area is 140 Å². The lowest BCUT2D eigenvalue weighted by atomic mass is 9.80. The molecule has 128 valence electrons. The van der Waals surface area contributed by atoms with Gasteiger partial charge < -0.3 is 4.74 Å². The SMILES string of the molecule is CCCCCCCC1CCC(C(=O)Oc2ccc(C)nc2)CC1. The fourth-order valence-electron chi connectivity index (χ4n) is 3.44. The summed E-state index contributed by atoms with van der Waals surface area (Å²) in [6, 6.07) is 3.69. The summed E-state index contributed by atoms with van der Waals surface area (Å²) in [7, 11) is 0. The molecule has 1 fully saturated rings. The van der Waals surface area contributed by atoms with Gasteiger partial charge >= 0.3 is 5.97 Å². The summed E-state index contributed by atoms with van der Waals surface area (Å²) in [4.78, 5) is 16.4. The Balaban J connectivity index is 1.65. The van der Waals surface area contributed by atoms with Crippen molar-refractivity contribution in [1.82, 2.24) is 4.98 Å². The molecule has 0 amide bonds. The van der Waals surface area contributed by atoms with E-state index in [9.17, 15) is 4.79 Å². The van der Waals surface area contributed by atoms with E-state index in [1.165, 1.54) is 51.4 Å². The van der Waals surface area contributed by atoms with E-state index in [0.29, 0.717) is 5.75 Å². The van der Waals surface area contributed by atoms with Gasteiger partial charge in [0.2, 0.25) is 0 Å². The van der Waals surface area contributed by atoms with E-state index in [-0.39, 0.29) is 11.9 Å². The summed E-state index contributed by atoms with van der Waals surface area (Å²) in [5, 5.41) is 0. The third kappa shape index (κ3) is 6.32. The number of hydrogen-bond acceptors (Lipinski definition) is 3. The minimum absolute atomic E-state index is 0.0722. The average molecular weight is 317 g/mol. The minimum Gasteiger partial charge on any atom is -0.425 e. The fraction of sp³-hybridized carbons (Fsp3) is 0.700. The van der Waals surface area contributed by atoms with E-state index in [4.69, 9.17) is 4.74 Å². The second-order valence-electron chi connectivity index (χ2n) is 6.98. The normalized spacial score (nSPS) is 21.1. The van der Waals surface area contributed by atoms with Crippen molar-refractivity contribution in [1.29, 1.82) is 0 Å². The van der Waals surface area contributed by atoms with Gasteiger partial charge in [0.05, 0.1) is 12.1 Å². The summed E-state index contributed by atoms with van der Waals surface area (Å²) in [5.74, 6) is 1.39. The van der Waals surface area contributed by atoms with Crippen LogP contribution in [0.3, 0.4) is 0 Å². The average Bonchev–Trinajstić information content (AvgIpc) is 2.57. The molecule has 0 unspecified atom stereocenters. The van der Waals surface area contributed by atoms with Crippen LogP contribution in [0, 0.1) is 18.8 Å². The number of aryl methyl sites for hydroxylation is 1. The van der Waals surface area contributed by atoms with E-state index >= 15 is 0 Å². The molecule has 3 heteroatoms. The molecule has 1 aliphatic rings. The van der Waals surface area contributed by atoms with Crippen LogP contribution in [0.4, 0.5) is 0 Å². The van der Waals surface area contributed by atoms with Gasteiger partial charge in [0, 0.05) is 5.69 Å². The minimum atomic E-state index is -0.0722. The predicted molar refractivity (Wildman–Crippen MR) is 93.4 cm³/mol. The molecule has 1 aromatic rings. The first-order valence-electron chi connectivity index (χ1n) is 9.33. The van der Waals surface area contributed by atoms with Gasteiger partial charge in [0.25, 0.3) is 0 Å². The summed E-state index contributed by atoms with van der Waals surface area (Å²) >= 11 is 0. The maximum atomic E-state index is 12.2. The second-order valence-corrected chi connectivity index (χ2v) is 6.98. The lowest BCUT2D eigenvalue weighted by Gasteiger charge is -2.27. The highest BCUT2D eigenvalue weighted by molar-refractivity contribution is 5.75. The van der Waals surface area contributed by atoms with Crippen LogP contribution < -0.4 is 4.74 Å². The Hall–Kier alpha value is -1.38. The Bertz CT molecular complexity index is 461. The van der Waals surface area contributed by atoms with Crippen molar-refractivity contribution in [2.45, 2.75) is 78.1 Å². The molecule has 3 nitrogen and oxygen atoms in total. The number of pyridine rings is 1. The number of ether oxygens (including phenoxy) is 1. The van der Waals surface area contributed by atoms with Crippen LogP contribution in [0.5, 0.6) is 5.75 Å². The van der Waals surface area contributed by atoms with Gasteiger partial charge in [-0.15, -0.1) is 0 Å². The van der Waals surface area contributed by atoms with Crippen molar-refractivity contribution in [3.63, 3.8) is 0 Å². The molecule has 23 heavy (non-hydrogen) atoms. The number of aromatic nitrogens is 1. The Morgan fingerprint density at radius 2 is 1.87 bits per heavy atom. The third-order valence-corrected chi connectivity index (χ3v) is 5.00. The first-order valence-corrected chi connectivity index (χ1v) is 9.33. The quantitative estimate of drug-likeness (QED) is 0.472. The van der Waals surface area contributed by atoms with Gasteiger partial charge in [0.1, 0.15) is 5.75 Å². The maximum Gasteiger partial charge on any atom is 0.314 e. The first-order chi connectivity index (χ1) is 11.2. The van der Waals surface area contributed by atoms with Crippen LogP contribution in [0.15, 0.2) is 18.3 Å². The largest absolute Gasteiger partial charge is 0.425 e. The van der Waals surface area contributed by atoms with Gasteiger partial charge in [-0.3, -0.25) is 9.78 Å². The van der Waals surface area contributed by atoms with Gasteiger partial charge in [-0.05, 0) is 50.7 Å². The molecular weight excluding hydrogens is 286 g/mol. The second kappa shape index (κ2) is 9.69. The molecule has 1 saturated carbocycles. The predicted octanol–water partition coefficient (Wildman–Crippen LogP) is 5.46. The smallest absolute Gasteiger partial charge is 0.314 e. The molecule has 1 aromatic heterocycles. The third-order valence-electron chi connectivity index (χ3n) is 5.00. The first kappa shape index (κ1) is 18.0. The monoisotopic (exact) mass is 317 g/mol. The lowest BCUT2D eigenvalue weighted by molar-refractivity contribution is -0.140. The highest BCUT2D eigenvalue weighted by Crippen LogP contribution is 2.33. The molecule has 0 N–H and O–H groups in total. The van der Waals surface area contributed by atoms with Crippen molar-refractivity contribution < 1.29 is 9.53 Å². The summed E-state index contributed by atoms with van der Waals surface area (Å²) in [5.41, 5.74) is 0.934. The molecule has 1 aliphatic carbocycles. The molecule has 0 atom stereocenters. The van der Waals surface area contributed by atoms with Gasteiger partial charge in [0.15, 0.2) is 0 Å². The van der Waals surface area contributed by atoms with Crippen molar-refractivity contribution >= 4 is 5.97 Å². The number of esters is 1. The molecule has 1 heterocycles. The van der Waals surface area contributed by atoms with Crippen molar-refractivity contribution in [3.05, 3.63) is 24.0 Å². The number of nitrogens with zero attached hydrogens (tertiary/aromatic N) is 1. The molecule has 0 aromatic carbocycles. The fourth-order valence-corrected chi connectivity index (χ4v) is 3.44. The van der Waals surface area contributed by atoms with Crippen molar-refractivity contribution in [2.24, 2.45) is 11.8 Å². The number of carbonyl (C=O) groups excluding carboxylic acids is 1. The van der Waals surface area contributed by atoms with Crippen LogP contribution >= 0.6 is 0 Å². The zero-order valence-electron chi connectivity index (χ0n) is 14.7. The molecule has 0 spiro atoms. The van der Waals surface area contributed by atoms with E-state index in [2.05, 4.69) is 11.9 Å². The van der Waals surface area contributed by atoms with Gasteiger partial charge in [-0.1, -0.05) is 45.4 Å². The number of rotatable bonds is 8. The van der Waals surface area contributed by atoms with E-state index in [1.807, 2.05) is 19.1 Å². The highest BCUT2D eigenvalue weighted by Gasteiger charge is 2.27. The Morgan fingerprint density at radius 3 is 2.52 bits per heavy atom. The molecule has 0 radical (unpaired) electrons. The molecule has 0 bridgehead atoms. The van der Waals surface area contributed by atoms with Crippen LogP contribution in [0.25, 0.3) is 0 Å². The van der Waals surface area contributed by atoms with Crippen LogP contribution in [0.2, 0.25) is 0 Å². The zero-order valence-corrected chi connectivity index (χ0v) is 14.7. The highest BCUT2D eigenvalue weighted by atomic mass is 16.5. The Kier molecular flexibility index (Phi) is 7.57. The zero-order chi connectivity index (χ0) is 16.5. The van der Waals surface area contributed by atoms with E-state index in [1.54, 1.807) is 6.20 Å². The summed E-state index contributed by atoms with van der Waals surface area (Å²) < 4.78 is 5.47. The number of carbonyl (C=O) groups is 1. The Morgan fingerprint density at radius 1 is 1.13 bits per heavy atom. The lowest BCUT2D eigenvalue weighted by Crippen LogP contribution is -2.25. The van der Waals surface area contributed by atoms with E-state index in [0.717, 1.165) is 24.5 Å². The van der Waals surface area contributed by atoms with Crippen LogP contribution in [-0.2, 0) is 4.79 Å². The van der Waals surface area contributed by atoms with Crippen LogP contribution in [0.1, 0.15) is 76.8 Å². The van der Waals surface area contributed by atoms with Gasteiger partial charge in [-0.25, -0.2) is 0 Å². The standard InChI is InChI=1S/C20H31NO2/c1-3-4-5-6-7-8-17-10-12-18(13-11-17)20(22)23-19-14-9-16(2)21-15-19/h9,14-15,17-18H,3-8,10-13H2,1-2H3. The van der Waals surface area contributed by atoms with Gasteiger partial charge in [-0.2, -0.15) is 0 Å². The molecule has 0 saturated heterocycles. The molecule has 2 rings (SSSR count). The van der Waals surface area contributed by atoms with E-state index < -0.39 is 0 Å². The van der Waals surface area contributed by atoms with Crippen molar-refractivity contribution in [3.8, 4) is 5.75 Å². The summed E-state index contributed by atoms with van der Waals surface area (Å²) in [6.45, 7) is 4.18. The number of hydrogen-bond donors (Lipinski definition) is 0. The summed E-state index contributed by atoms with van der Waals surface area (Å²) in [6.07, 6.45) is 14.1. The molecule has 0 aliphatic heterocycles. The topological polar surface area (TPSA) is 39.2 Å². The van der Waals surface area contributed by atoms with Crippen molar-refractivity contribution in [2.75, 3.05) is 0 Å². The molecular formula is C20H31NO2.